The summed E-state index contributed by atoms with van der Waals surface area (Å²) in [6, 6.07) is 11.7. The first-order chi connectivity index (χ1) is 18.5. The van der Waals surface area contributed by atoms with Crippen molar-refractivity contribution in [2.24, 2.45) is 0 Å². The summed E-state index contributed by atoms with van der Waals surface area (Å²) in [5.41, 5.74) is 2.36. The fraction of sp³-hybridized carbons (Fsp3) is 0.462. The molecule has 13 heteroatoms. The minimum atomic E-state index is -3.61. The summed E-state index contributed by atoms with van der Waals surface area (Å²) in [7, 11) is -7.21. The van der Waals surface area contributed by atoms with Crippen LogP contribution in [-0.2, 0) is 31.4 Å². The lowest BCUT2D eigenvalue weighted by Gasteiger charge is -2.34. The van der Waals surface area contributed by atoms with Crippen molar-refractivity contribution in [1.82, 2.24) is 23.1 Å². The van der Waals surface area contributed by atoms with Gasteiger partial charge in [0, 0.05) is 45.8 Å². The molecule has 10 nitrogen and oxygen atoms in total. The normalized spacial score (nSPS) is 15.4. The number of carbonyl (C=O) groups is 1. The van der Waals surface area contributed by atoms with Gasteiger partial charge in [0.1, 0.15) is 0 Å². The van der Waals surface area contributed by atoms with E-state index >= 15 is 0 Å². The van der Waals surface area contributed by atoms with Gasteiger partial charge in [-0.15, -0.1) is 0 Å². The summed E-state index contributed by atoms with van der Waals surface area (Å²) >= 11 is 1.30. The van der Waals surface area contributed by atoms with E-state index in [0.717, 1.165) is 11.1 Å². The van der Waals surface area contributed by atoms with Gasteiger partial charge in [-0.2, -0.15) is 8.61 Å². The van der Waals surface area contributed by atoms with Crippen LogP contribution < -0.4 is 0 Å². The highest BCUT2D eigenvalue weighted by Gasteiger charge is 2.30. The first-order valence-corrected chi connectivity index (χ1v) is 16.9. The van der Waals surface area contributed by atoms with Gasteiger partial charge < -0.3 is 9.47 Å². The second-order valence-corrected chi connectivity index (χ2v) is 14.1. The Morgan fingerprint density at radius 1 is 0.923 bits per heavy atom. The molecule has 0 aliphatic carbocycles. The van der Waals surface area contributed by atoms with E-state index < -0.39 is 20.0 Å². The van der Waals surface area contributed by atoms with Crippen LogP contribution in [0.2, 0.25) is 0 Å². The Labute approximate surface area is 235 Å². The van der Waals surface area contributed by atoms with E-state index in [1.54, 1.807) is 61.2 Å². The Balaban J connectivity index is 1.42. The van der Waals surface area contributed by atoms with Gasteiger partial charge in [-0.3, -0.25) is 4.79 Å². The zero-order valence-corrected chi connectivity index (χ0v) is 25.1. The lowest BCUT2D eigenvalue weighted by atomic mass is 10.2. The van der Waals surface area contributed by atoms with Crippen molar-refractivity contribution in [1.29, 1.82) is 0 Å². The highest BCUT2D eigenvalue weighted by Crippen LogP contribution is 2.28. The number of hydrogen-bond donors (Lipinski definition) is 0. The number of aryl methyl sites for hydroxylation is 2. The molecule has 2 aromatic carbocycles. The molecule has 0 saturated carbocycles. The molecule has 0 spiro atoms. The number of fused-ring (bicyclic) bond motifs is 1. The third-order valence-electron chi connectivity index (χ3n) is 6.92. The van der Waals surface area contributed by atoms with Crippen molar-refractivity contribution < 1.29 is 21.6 Å². The Bertz CT molecular complexity index is 1540. The van der Waals surface area contributed by atoms with Crippen molar-refractivity contribution in [3.8, 4) is 0 Å². The maximum absolute atomic E-state index is 13.0. The van der Waals surface area contributed by atoms with Gasteiger partial charge >= 0.3 is 0 Å². The van der Waals surface area contributed by atoms with Crippen LogP contribution in [0.3, 0.4) is 0 Å². The zero-order chi connectivity index (χ0) is 28.4. The SMILES string of the molecule is CCN(CC)S(=O)(=O)c1ccc2c(c1)nc(SCC(=O)N1CCN(S(=O)(=O)c3ccc(C)cc3)CC1)n2CC. The zero-order valence-electron chi connectivity index (χ0n) is 22.7. The number of hydrogen-bond acceptors (Lipinski definition) is 7. The number of sulfonamides is 2. The molecule has 1 aliphatic rings. The molecule has 1 aliphatic heterocycles. The predicted octanol–water partition coefficient (Wildman–Crippen LogP) is 3.02. The van der Waals surface area contributed by atoms with Crippen molar-refractivity contribution >= 4 is 48.7 Å². The molecule has 0 N–H and O–H groups in total. The van der Waals surface area contributed by atoms with E-state index in [1.807, 2.05) is 18.4 Å². The molecular formula is C26H35N5O5S3. The van der Waals surface area contributed by atoms with Crippen LogP contribution in [0.15, 0.2) is 57.4 Å². The number of carbonyl (C=O) groups excluding carboxylic acids is 1. The topological polar surface area (TPSA) is 113 Å². The molecule has 2 heterocycles. The minimum absolute atomic E-state index is 0.0908. The standard InChI is InChI=1S/C26H35N5O5S3/c1-5-29(6-2)39(35,36)22-12-13-24-23(18-22)27-26(31(24)7-3)37-19-25(32)28-14-16-30(17-15-28)38(33,34)21-10-8-20(4)9-11-21/h8-13,18H,5-7,14-17,19H2,1-4H3. The van der Waals surface area contributed by atoms with Gasteiger partial charge in [0.05, 0.1) is 26.6 Å². The first-order valence-electron chi connectivity index (χ1n) is 13.0. The summed E-state index contributed by atoms with van der Waals surface area (Å²) < 4.78 is 56.7. The Morgan fingerprint density at radius 2 is 1.54 bits per heavy atom. The third-order valence-corrected chi connectivity index (χ3v) is 11.8. The first kappa shape index (κ1) is 29.5. The number of thioether (sulfide) groups is 1. The second kappa shape index (κ2) is 12.0. The molecule has 1 amide bonds. The fourth-order valence-corrected chi connectivity index (χ4v) is 8.51. The number of nitrogens with zero attached hydrogens (tertiary/aromatic N) is 5. The van der Waals surface area contributed by atoms with Crippen molar-refractivity contribution in [3.05, 3.63) is 48.0 Å². The van der Waals surface area contributed by atoms with E-state index in [-0.39, 0.29) is 34.5 Å². The van der Waals surface area contributed by atoms with Crippen LogP contribution in [0.1, 0.15) is 26.3 Å². The quantitative estimate of drug-likeness (QED) is 0.332. The van der Waals surface area contributed by atoms with E-state index in [0.29, 0.717) is 43.4 Å². The average Bonchev–Trinajstić information content (AvgIpc) is 3.29. The lowest BCUT2D eigenvalue weighted by molar-refractivity contribution is -0.129. The van der Waals surface area contributed by atoms with Gasteiger partial charge in [0.2, 0.25) is 26.0 Å². The maximum atomic E-state index is 13.0. The van der Waals surface area contributed by atoms with E-state index in [9.17, 15) is 21.6 Å². The lowest BCUT2D eigenvalue weighted by Crippen LogP contribution is -2.50. The highest BCUT2D eigenvalue weighted by atomic mass is 32.2. The largest absolute Gasteiger partial charge is 0.339 e. The average molecular weight is 594 g/mol. The smallest absolute Gasteiger partial charge is 0.243 e. The molecule has 1 aromatic heterocycles. The van der Waals surface area contributed by atoms with Crippen molar-refractivity contribution in [2.75, 3.05) is 45.0 Å². The van der Waals surface area contributed by atoms with Gasteiger partial charge in [-0.05, 0) is 44.2 Å². The molecule has 0 radical (unpaired) electrons. The Hall–Kier alpha value is -2.45. The number of benzene rings is 2. The summed E-state index contributed by atoms with van der Waals surface area (Å²) in [5, 5.41) is 0.638. The summed E-state index contributed by atoms with van der Waals surface area (Å²) in [4.78, 5) is 19.8. The summed E-state index contributed by atoms with van der Waals surface area (Å²) in [5.74, 6) is 0.0606. The van der Waals surface area contributed by atoms with Crippen molar-refractivity contribution in [3.63, 3.8) is 0 Å². The predicted molar refractivity (Wildman–Crippen MR) is 153 cm³/mol. The molecular weight excluding hydrogens is 559 g/mol. The highest BCUT2D eigenvalue weighted by molar-refractivity contribution is 7.99. The minimum Gasteiger partial charge on any atom is -0.339 e. The molecule has 39 heavy (non-hydrogen) atoms. The van der Waals surface area contributed by atoms with Gasteiger partial charge in [-0.25, -0.2) is 21.8 Å². The fourth-order valence-electron chi connectivity index (χ4n) is 4.63. The maximum Gasteiger partial charge on any atom is 0.243 e. The monoisotopic (exact) mass is 593 g/mol. The van der Waals surface area contributed by atoms with Gasteiger partial charge in [0.25, 0.3) is 0 Å². The second-order valence-electron chi connectivity index (χ2n) is 9.27. The van der Waals surface area contributed by atoms with Crippen LogP contribution in [0, 0.1) is 6.92 Å². The molecule has 1 saturated heterocycles. The number of rotatable bonds is 10. The number of aromatic nitrogens is 2. The molecule has 4 rings (SSSR count). The Morgan fingerprint density at radius 3 is 2.13 bits per heavy atom. The summed E-state index contributed by atoms with van der Waals surface area (Å²) in [6.07, 6.45) is 0. The van der Waals surface area contributed by atoms with E-state index in [4.69, 9.17) is 0 Å². The van der Waals surface area contributed by atoms with Crippen LogP contribution >= 0.6 is 11.8 Å². The Kier molecular flexibility index (Phi) is 9.06. The molecule has 0 unspecified atom stereocenters. The molecule has 0 atom stereocenters. The number of amides is 1. The molecule has 3 aromatic rings. The molecule has 0 bridgehead atoms. The van der Waals surface area contributed by atoms with Gasteiger partial charge in [-0.1, -0.05) is 43.3 Å². The number of piperazine rings is 1. The van der Waals surface area contributed by atoms with Crippen LogP contribution in [0.25, 0.3) is 11.0 Å². The number of imidazole rings is 1. The van der Waals surface area contributed by atoms with Crippen LogP contribution in [0.4, 0.5) is 0 Å². The van der Waals surface area contributed by atoms with Gasteiger partial charge in [0.15, 0.2) is 5.16 Å². The van der Waals surface area contributed by atoms with Crippen molar-refractivity contribution in [2.45, 2.75) is 49.2 Å². The summed E-state index contributed by atoms with van der Waals surface area (Å²) in [6.45, 7) is 10.00. The molecule has 1 fully saturated rings. The van der Waals surface area contributed by atoms with E-state index in [1.165, 1.54) is 20.4 Å². The van der Waals surface area contributed by atoms with Crippen LogP contribution in [0.5, 0.6) is 0 Å². The van der Waals surface area contributed by atoms with Crippen LogP contribution in [-0.4, -0.2) is 90.8 Å². The third kappa shape index (κ3) is 6.02. The molecule has 212 valence electrons. The van der Waals surface area contributed by atoms with E-state index in [2.05, 4.69) is 4.98 Å².